The number of aromatic nitrogens is 3. The van der Waals surface area contributed by atoms with Crippen LogP contribution in [-0.2, 0) is 9.53 Å². The van der Waals surface area contributed by atoms with Crippen molar-refractivity contribution in [3.05, 3.63) is 41.5 Å². The zero-order valence-corrected chi connectivity index (χ0v) is 30.4. The first-order valence-electron chi connectivity index (χ1n) is 18.5. The smallest absolute Gasteiger partial charge is 0.319 e. The Bertz CT molecular complexity index is 2240. The van der Waals surface area contributed by atoms with Crippen molar-refractivity contribution in [3.63, 3.8) is 0 Å². The summed E-state index contributed by atoms with van der Waals surface area (Å²) in [7, 11) is 0. The maximum atomic E-state index is 17.5. The summed E-state index contributed by atoms with van der Waals surface area (Å²) >= 11 is 0. The van der Waals surface area contributed by atoms with Crippen molar-refractivity contribution in [3.8, 4) is 41.2 Å². The van der Waals surface area contributed by atoms with Crippen molar-refractivity contribution in [2.75, 3.05) is 44.5 Å². The van der Waals surface area contributed by atoms with Gasteiger partial charge in [0.15, 0.2) is 5.82 Å². The van der Waals surface area contributed by atoms with Crippen LogP contribution in [0.15, 0.2) is 24.3 Å². The van der Waals surface area contributed by atoms with E-state index in [-0.39, 0.29) is 76.7 Å². The molecule has 4 aromatic rings. The quantitative estimate of drug-likeness (QED) is 0.143. The Morgan fingerprint density at radius 1 is 1.13 bits per heavy atom. The van der Waals surface area contributed by atoms with Gasteiger partial charge >= 0.3 is 12.0 Å². The number of carbonyl (C=O) groups is 1. The molecule has 0 saturated carbocycles. The van der Waals surface area contributed by atoms with Crippen molar-refractivity contribution in [2.24, 2.45) is 5.41 Å². The van der Waals surface area contributed by atoms with E-state index in [0.29, 0.717) is 36.1 Å². The number of piperazine rings is 1. The number of benzene rings is 2. The van der Waals surface area contributed by atoms with Crippen molar-refractivity contribution in [2.45, 2.75) is 82.7 Å². The van der Waals surface area contributed by atoms with Crippen LogP contribution in [0.5, 0.6) is 17.6 Å². The maximum absolute atomic E-state index is 17.5. The fourth-order valence-electron chi connectivity index (χ4n) is 9.00. The molecule has 5 aliphatic rings. The first-order valence-corrected chi connectivity index (χ1v) is 18.5. The van der Waals surface area contributed by atoms with Gasteiger partial charge in [-0.2, -0.15) is 9.97 Å². The van der Waals surface area contributed by atoms with Crippen molar-refractivity contribution in [1.82, 2.24) is 25.2 Å². The third-order valence-electron chi connectivity index (χ3n) is 11.6. The Kier molecular flexibility index (Phi) is 8.31. The van der Waals surface area contributed by atoms with Crippen molar-refractivity contribution >= 4 is 33.5 Å². The second-order valence-corrected chi connectivity index (χ2v) is 16.2. The number of anilines is 1. The molecule has 4 fully saturated rings. The monoisotopic (exact) mass is 742 g/mol. The van der Waals surface area contributed by atoms with Gasteiger partial charge in [0.25, 0.3) is 0 Å². The minimum absolute atomic E-state index is 0.0347. The molecule has 1 N–H and O–H groups in total. The first-order chi connectivity index (χ1) is 25.9. The van der Waals surface area contributed by atoms with E-state index in [2.05, 4.69) is 26.0 Å². The van der Waals surface area contributed by atoms with E-state index < -0.39 is 41.5 Å². The van der Waals surface area contributed by atoms with Gasteiger partial charge in [-0.3, -0.25) is 9.69 Å². The minimum Gasteiger partial charge on any atom is -0.475 e. The van der Waals surface area contributed by atoms with Gasteiger partial charge in [-0.1, -0.05) is 12.0 Å². The topological polar surface area (TPSA) is 111 Å². The predicted molar refractivity (Wildman–Crippen MR) is 194 cm³/mol. The van der Waals surface area contributed by atoms with Gasteiger partial charge in [-0.05, 0) is 76.6 Å². The summed E-state index contributed by atoms with van der Waals surface area (Å²) in [6.07, 6.45) is 8.91. The molecule has 0 aliphatic carbocycles. The zero-order valence-electron chi connectivity index (χ0n) is 30.4. The van der Waals surface area contributed by atoms with Gasteiger partial charge in [-0.15, -0.1) is 6.42 Å². The molecule has 2 bridgehead atoms. The molecule has 14 heteroatoms. The molecule has 4 saturated heterocycles. The summed E-state index contributed by atoms with van der Waals surface area (Å²) in [6, 6.07) is 6.01. The third-order valence-corrected chi connectivity index (χ3v) is 11.6. The lowest BCUT2D eigenvalue weighted by Crippen LogP contribution is -2.60. The number of halogens is 3. The molecule has 11 nitrogen and oxygen atoms in total. The van der Waals surface area contributed by atoms with Gasteiger partial charge < -0.3 is 29.2 Å². The van der Waals surface area contributed by atoms with Crippen LogP contribution in [0, 0.1) is 29.4 Å². The third kappa shape index (κ3) is 5.74. The fraction of sp³-hybridized carbons (Fsp3) is 0.500. The molecule has 0 spiro atoms. The average Bonchev–Trinajstić information content (AvgIpc) is 3.78. The van der Waals surface area contributed by atoms with E-state index in [0.717, 1.165) is 32.2 Å². The average molecular weight is 743 g/mol. The Morgan fingerprint density at radius 2 is 1.98 bits per heavy atom. The number of fused-ring (bicyclic) bond motifs is 7. The van der Waals surface area contributed by atoms with E-state index in [1.165, 1.54) is 18.2 Å². The zero-order chi connectivity index (χ0) is 37.5. The van der Waals surface area contributed by atoms with E-state index in [1.807, 2.05) is 0 Å². The maximum Gasteiger partial charge on any atom is 0.319 e. The number of nitrogens with one attached hydrogen (secondary N) is 1. The lowest BCUT2D eigenvalue weighted by Gasteiger charge is -2.40. The van der Waals surface area contributed by atoms with Crippen LogP contribution >= 0.6 is 0 Å². The lowest BCUT2D eigenvalue weighted by molar-refractivity contribution is -0.159. The molecule has 282 valence electrons. The van der Waals surface area contributed by atoms with E-state index in [9.17, 15) is 9.18 Å². The lowest BCUT2D eigenvalue weighted by atomic mass is 9.95. The number of hydrogen-bond donors (Lipinski definition) is 1. The highest BCUT2D eigenvalue weighted by Gasteiger charge is 2.50. The van der Waals surface area contributed by atoms with Crippen LogP contribution in [0.4, 0.5) is 19.0 Å². The van der Waals surface area contributed by atoms with Crippen molar-refractivity contribution in [1.29, 1.82) is 0 Å². The normalized spacial score (nSPS) is 25.9. The van der Waals surface area contributed by atoms with Crippen LogP contribution in [0.2, 0.25) is 0 Å². The Morgan fingerprint density at radius 3 is 2.80 bits per heavy atom. The van der Waals surface area contributed by atoms with Crippen LogP contribution < -0.4 is 24.4 Å². The number of alkyl halides is 1. The van der Waals surface area contributed by atoms with Crippen LogP contribution in [0.25, 0.3) is 32.9 Å². The Labute approximate surface area is 310 Å². The predicted octanol–water partition coefficient (Wildman–Crippen LogP) is 5.69. The molecular formula is C40H41F3N6O5. The molecule has 0 amide bonds. The second-order valence-electron chi connectivity index (χ2n) is 16.2. The largest absolute Gasteiger partial charge is 0.475 e. The standard InChI is InChI=1S/C40H41F3N6O5/c1-5-25-27(42)9-7-21-13-24(53-20-54-37(50)39(2,3)4)14-26(30(21)25)33-32(43)34-31-35(49-17-23-8-10-28(44-23)29(49)18-51-36(31)45-33)47-38(46-34)52-19-40-11-6-12-48(40)16-22(41)15-40/h1,7,9,13-14,22-23,28-29,44H,6,8,10-12,15-20H2,2-4H3/t22-,23-,28+,29-,40+/m1/s1. The summed E-state index contributed by atoms with van der Waals surface area (Å²) in [5.74, 6) is 1.24. The number of nitrogens with zero attached hydrogens (tertiary/aromatic N) is 5. The van der Waals surface area contributed by atoms with Crippen molar-refractivity contribution < 1.29 is 36.9 Å². The molecule has 2 aromatic carbocycles. The highest BCUT2D eigenvalue weighted by atomic mass is 19.1. The highest BCUT2D eigenvalue weighted by molar-refractivity contribution is 6.04. The van der Waals surface area contributed by atoms with Gasteiger partial charge in [0, 0.05) is 42.5 Å². The number of esters is 1. The van der Waals surface area contributed by atoms with Crippen LogP contribution in [0.1, 0.15) is 58.4 Å². The summed E-state index contributed by atoms with van der Waals surface area (Å²) in [5, 5.41) is 4.65. The number of pyridine rings is 1. The molecule has 0 unspecified atom stereocenters. The number of terminal acetylenes is 1. The number of rotatable bonds is 7. The fourth-order valence-corrected chi connectivity index (χ4v) is 9.00. The Hall–Kier alpha value is -4.87. The van der Waals surface area contributed by atoms with E-state index in [1.54, 1.807) is 26.8 Å². The molecule has 0 radical (unpaired) electrons. The number of ether oxygens (including phenoxy) is 4. The molecule has 5 aliphatic heterocycles. The molecule has 9 rings (SSSR count). The van der Waals surface area contributed by atoms with E-state index >= 15 is 8.78 Å². The highest BCUT2D eigenvalue weighted by Crippen LogP contribution is 2.46. The first kappa shape index (κ1) is 34.9. The van der Waals surface area contributed by atoms with Gasteiger partial charge in [0.1, 0.15) is 53.4 Å². The molecule has 54 heavy (non-hydrogen) atoms. The van der Waals surface area contributed by atoms with Crippen LogP contribution in [-0.4, -0.2) is 95.3 Å². The summed E-state index contributed by atoms with van der Waals surface area (Å²) in [6.45, 7) is 6.92. The van der Waals surface area contributed by atoms with E-state index in [4.69, 9.17) is 35.3 Å². The molecule has 5 atom stereocenters. The molecule has 2 aromatic heterocycles. The SMILES string of the molecule is C#Cc1c(F)ccc2cc(OCOC(=O)C(C)(C)C)cc(-c3nc4c5c(nc(OC[C@@]67CCCN6C[C@H](F)C7)nc5c3F)N3C[C@H]5CC[C@H](N5)[C@H]3CO4)c12. The summed E-state index contributed by atoms with van der Waals surface area (Å²) in [4.78, 5) is 31.0. The second kappa shape index (κ2) is 12.9. The van der Waals surface area contributed by atoms with Gasteiger partial charge in [0.05, 0.1) is 22.6 Å². The van der Waals surface area contributed by atoms with Gasteiger partial charge in [0.2, 0.25) is 12.7 Å². The minimum atomic E-state index is -0.947. The molecule has 7 heterocycles. The number of carbonyl (C=O) groups excluding carboxylic acids is 1. The number of hydrogen-bond acceptors (Lipinski definition) is 11. The Balaban J connectivity index is 1.20. The summed E-state index contributed by atoms with van der Waals surface area (Å²) in [5.41, 5.74) is -1.48. The van der Waals surface area contributed by atoms with Gasteiger partial charge in [-0.25, -0.2) is 18.2 Å². The molecular weight excluding hydrogens is 701 g/mol. The van der Waals surface area contributed by atoms with Crippen LogP contribution in [0.3, 0.4) is 0 Å². The summed E-state index contributed by atoms with van der Waals surface area (Å²) < 4.78 is 71.4.